The second-order valence-corrected chi connectivity index (χ2v) is 7.60. The molecule has 0 amide bonds. The Morgan fingerprint density at radius 2 is 1.93 bits per heavy atom. The fourth-order valence-corrected chi connectivity index (χ4v) is 4.77. The van der Waals surface area contributed by atoms with Crippen LogP contribution in [0.1, 0.15) is 29.5 Å². The predicted octanol–water partition coefficient (Wildman–Crippen LogP) is 6.23. The number of nitrogens with zero attached hydrogens (tertiary/aromatic N) is 1. The number of nitro groups is 1. The first-order chi connectivity index (χ1) is 13.1. The Morgan fingerprint density at radius 1 is 1.07 bits per heavy atom. The number of non-ortho nitro benzene ring substituents is 1. The highest BCUT2D eigenvalue weighted by Crippen LogP contribution is 2.52. The lowest BCUT2D eigenvalue weighted by Crippen LogP contribution is -2.29. The SMILES string of the molecule is O=[N+]([O-])c1ccc(Cl)c(C2Nc3c(ccc4ccccc34)C3C=CCC32)c1. The van der Waals surface area contributed by atoms with Gasteiger partial charge in [-0.1, -0.05) is 60.2 Å². The van der Waals surface area contributed by atoms with Crippen molar-refractivity contribution < 1.29 is 4.92 Å². The molecule has 4 nitrogen and oxygen atoms in total. The first-order valence-electron chi connectivity index (χ1n) is 9.02. The van der Waals surface area contributed by atoms with Gasteiger partial charge in [-0.05, 0) is 29.4 Å². The molecule has 27 heavy (non-hydrogen) atoms. The van der Waals surface area contributed by atoms with Crippen LogP contribution in [0.3, 0.4) is 0 Å². The molecule has 1 N–H and O–H groups in total. The summed E-state index contributed by atoms with van der Waals surface area (Å²) in [6.45, 7) is 0. The van der Waals surface area contributed by atoms with Gasteiger partial charge in [0.2, 0.25) is 0 Å². The fraction of sp³-hybridized carbons (Fsp3) is 0.182. The van der Waals surface area contributed by atoms with Crippen LogP contribution in [-0.4, -0.2) is 4.92 Å². The molecule has 0 saturated carbocycles. The first kappa shape index (κ1) is 16.3. The molecule has 1 aliphatic carbocycles. The third-order valence-corrected chi connectivity index (χ3v) is 6.13. The van der Waals surface area contributed by atoms with Crippen molar-refractivity contribution >= 4 is 33.7 Å². The lowest BCUT2D eigenvalue weighted by atomic mass is 9.76. The number of fused-ring (bicyclic) bond motifs is 5. The van der Waals surface area contributed by atoms with Crippen molar-refractivity contribution in [3.05, 3.63) is 93.0 Å². The predicted molar refractivity (Wildman–Crippen MR) is 108 cm³/mol. The highest BCUT2D eigenvalue weighted by atomic mass is 35.5. The van der Waals surface area contributed by atoms with Crippen LogP contribution in [0.25, 0.3) is 10.8 Å². The maximum absolute atomic E-state index is 11.3. The molecule has 5 rings (SSSR count). The molecule has 3 unspecified atom stereocenters. The van der Waals surface area contributed by atoms with Crippen LogP contribution < -0.4 is 5.32 Å². The van der Waals surface area contributed by atoms with E-state index in [0.29, 0.717) is 5.02 Å². The van der Waals surface area contributed by atoms with Crippen LogP contribution >= 0.6 is 11.6 Å². The van der Waals surface area contributed by atoms with E-state index in [1.807, 2.05) is 12.1 Å². The maximum Gasteiger partial charge on any atom is 0.269 e. The molecule has 0 saturated heterocycles. The molecule has 0 bridgehead atoms. The van der Waals surface area contributed by atoms with E-state index in [2.05, 4.69) is 41.7 Å². The van der Waals surface area contributed by atoms with Gasteiger partial charge >= 0.3 is 0 Å². The van der Waals surface area contributed by atoms with Crippen molar-refractivity contribution in [2.45, 2.75) is 18.4 Å². The molecular weight excluding hydrogens is 360 g/mol. The maximum atomic E-state index is 11.3. The zero-order chi connectivity index (χ0) is 18.5. The van der Waals surface area contributed by atoms with Gasteiger partial charge in [0.15, 0.2) is 0 Å². The van der Waals surface area contributed by atoms with Gasteiger partial charge < -0.3 is 5.32 Å². The fourth-order valence-electron chi connectivity index (χ4n) is 4.53. The number of nitro benzene ring substituents is 1. The molecule has 5 heteroatoms. The molecule has 134 valence electrons. The standard InChI is InChI=1S/C22H17ClN2O2/c23-20-11-9-14(25(26)27)12-19(20)22-17-7-3-6-16(17)18-10-8-13-4-1-2-5-15(13)21(18)24-22/h1-6,8-12,16-17,22,24H,7H2. The van der Waals surface area contributed by atoms with Gasteiger partial charge in [-0.2, -0.15) is 0 Å². The quantitative estimate of drug-likeness (QED) is 0.327. The van der Waals surface area contributed by atoms with Crippen LogP contribution in [-0.2, 0) is 0 Å². The lowest BCUT2D eigenvalue weighted by Gasteiger charge is -2.38. The molecular formula is C22H17ClN2O2. The molecule has 0 aromatic heterocycles. The minimum Gasteiger partial charge on any atom is -0.377 e. The Kier molecular flexibility index (Phi) is 3.69. The molecule has 3 atom stereocenters. The summed E-state index contributed by atoms with van der Waals surface area (Å²) < 4.78 is 0. The minimum atomic E-state index is -0.365. The van der Waals surface area contributed by atoms with E-state index in [-0.39, 0.29) is 28.5 Å². The summed E-state index contributed by atoms with van der Waals surface area (Å²) in [6.07, 6.45) is 5.39. The average Bonchev–Trinajstić information content (AvgIpc) is 3.17. The normalized spacial score (nSPS) is 22.9. The van der Waals surface area contributed by atoms with E-state index < -0.39 is 0 Å². The number of hydrogen-bond donors (Lipinski definition) is 1. The summed E-state index contributed by atoms with van der Waals surface area (Å²) >= 11 is 6.49. The van der Waals surface area contributed by atoms with Gasteiger partial charge in [0, 0.05) is 39.7 Å². The van der Waals surface area contributed by atoms with E-state index in [0.717, 1.165) is 17.7 Å². The van der Waals surface area contributed by atoms with Crippen molar-refractivity contribution in [2.75, 3.05) is 5.32 Å². The van der Waals surface area contributed by atoms with Gasteiger partial charge in [-0.25, -0.2) is 0 Å². The average molecular weight is 377 g/mol. The number of nitrogens with one attached hydrogen (secondary N) is 1. The number of benzene rings is 3. The number of hydrogen-bond acceptors (Lipinski definition) is 3. The molecule has 0 fully saturated rings. The Morgan fingerprint density at radius 3 is 2.78 bits per heavy atom. The zero-order valence-electron chi connectivity index (χ0n) is 14.4. The summed E-state index contributed by atoms with van der Waals surface area (Å²) in [5.74, 6) is 0.573. The Labute approximate surface area is 161 Å². The summed E-state index contributed by atoms with van der Waals surface area (Å²) in [4.78, 5) is 10.9. The summed E-state index contributed by atoms with van der Waals surface area (Å²) in [5, 5.41) is 17.9. The van der Waals surface area contributed by atoms with E-state index in [4.69, 9.17) is 11.6 Å². The van der Waals surface area contributed by atoms with Crippen molar-refractivity contribution in [1.82, 2.24) is 0 Å². The summed E-state index contributed by atoms with van der Waals surface area (Å²) in [6, 6.07) is 17.3. The van der Waals surface area contributed by atoms with Crippen molar-refractivity contribution in [2.24, 2.45) is 5.92 Å². The monoisotopic (exact) mass is 376 g/mol. The van der Waals surface area contributed by atoms with Gasteiger partial charge in [-0.15, -0.1) is 0 Å². The third kappa shape index (κ3) is 2.52. The second kappa shape index (κ2) is 6.10. The molecule has 2 aliphatic rings. The Balaban J connectivity index is 1.70. The van der Waals surface area contributed by atoms with E-state index in [1.54, 1.807) is 12.1 Å². The van der Waals surface area contributed by atoms with Crippen LogP contribution in [0.5, 0.6) is 0 Å². The van der Waals surface area contributed by atoms with Crippen LogP contribution in [0, 0.1) is 16.0 Å². The van der Waals surface area contributed by atoms with Gasteiger partial charge in [0.05, 0.1) is 11.0 Å². The molecule has 1 aliphatic heterocycles. The van der Waals surface area contributed by atoms with Crippen LogP contribution in [0.4, 0.5) is 11.4 Å². The largest absolute Gasteiger partial charge is 0.377 e. The second-order valence-electron chi connectivity index (χ2n) is 7.19. The van der Waals surface area contributed by atoms with Crippen LogP contribution in [0.15, 0.2) is 66.7 Å². The van der Waals surface area contributed by atoms with Gasteiger partial charge in [0.1, 0.15) is 0 Å². The van der Waals surface area contributed by atoms with Gasteiger partial charge in [-0.3, -0.25) is 10.1 Å². The van der Waals surface area contributed by atoms with Crippen LogP contribution in [0.2, 0.25) is 5.02 Å². The summed E-state index contributed by atoms with van der Waals surface area (Å²) in [5.41, 5.74) is 3.25. The molecule has 3 aromatic carbocycles. The zero-order valence-corrected chi connectivity index (χ0v) is 15.2. The van der Waals surface area contributed by atoms with Gasteiger partial charge in [0.25, 0.3) is 5.69 Å². The number of halogens is 1. The van der Waals surface area contributed by atoms with Crippen molar-refractivity contribution in [1.29, 1.82) is 0 Å². The Hall–Kier alpha value is -2.85. The third-order valence-electron chi connectivity index (χ3n) is 5.79. The van der Waals surface area contributed by atoms with E-state index >= 15 is 0 Å². The highest BCUT2D eigenvalue weighted by Gasteiger charge is 2.39. The van der Waals surface area contributed by atoms with E-state index in [1.165, 1.54) is 22.4 Å². The first-order valence-corrected chi connectivity index (χ1v) is 9.40. The topological polar surface area (TPSA) is 55.2 Å². The smallest absolute Gasteiger partial charge is 0.269 e. The highest BCUT2D eigenvalue weighted by molar-refractivity contribution is 6.31. The minimum absolute atomic E-state index is 0.0717. The Bertz CT molecular complexity index is 1110. The lowest BCUT2D eigenvalue weighted by molar-refractivity contribution is -0.384. The molecule has 0 spiro atoms. The molecule has 0 radical (unpaired) electrons. The van der Waals surface area contributed by atoms with Crippen molar-refractivity contribution in [3.8, 4) is 0 Å². The number of anilines is 1. The van der Waals surface area contributed by atoms with Crippen molar-refractivity contribution in [3.63, 3.8) is 0 Å². The molecule has 3 aromatic rings. The van der Waals surface area contributed by atoms with E-state index in [9.17, 15) is 10.1 Å². The number of allylic oxidation sites excluding steroid dienone is 2. The summed E-state index contributed by atoms with van der Waals surface area (Å²) in [7, 11) is 0. The number of rotatable bonds is 2. The molecule has 1 heterocycles.